The van der Waals surface area contributed by atoms with Crippen LogP contribution >= 0.6 is 11.3 Å². The first-order valence-electron chi connectivity index (χ1n) is 8.55. The zero-order chi connectivity index (χ0) is 20.0. The van der Waals surface area contributed by atoms with E-state index in [0.717, 1.165) is 5.56 Å². The van der Waals surface area contributed by atoms with E-state index in [2.05, 4.69) is 5.32 Å². The van der Waals surface area contributed by atoms with Gasteiger partial charge in [-0.25, -0.2) is 0 Å². The Morgan fingerprint density at radius 1 is 1.30 bits per heavy atom. The van der Waals surface area contributed by atoms with Crippen molar-refractivity contribution in [3.63, 3.8) is 0 Å². The van der Waals surface area contributed by atoms with Gasteiger partial charge >= 0.3 is 0 Å². The number of hydrogen-bond donors (Lipinski definition) is 2. The first-order chi connectivity index (χ1) is 12.9. The lowest BCUT2D eigenvalue weighted by molar-refractivity contribution is -0.120. The minimum absolute atomic E-state index is 0.208. The van der Waals surface area contributed by atoms with Gasteiger partial charge in [-0.05, 0) is 50.0 Å². The average Bonchev–Trinajstić information content (AvgIpc) is 3.10. The Labute approximate surface area is 163 Å². The fourth-order valence-electron chi connectivity index (χ4n) is 2.53. The molecule has 7 nitrogen and oxygen atoms in total. The Hall–Kier alpha value is -2.58. The number of thiophene rings is 1. The molecule has 0 aliphatic carbocycles. The second-order valence-electron chi connectivity index (χ2n) is 6.03. The third-order valence-electron chi connectivity index (χ3n) is 4.17. The Morgan fingerprint density at radius 2 is 2.04 bits per heavy atom. The zero-order valence-electron chi connectivity index (χ0n) is 15.9. The van der Waals surface area contributed by atoms with Gasteiger partial charge in [-0.1, -0.05) is 6.07 Å². The summed E-state index contributed by atoms with van der Waals surface area (Å²) in [7, 11) is 3.45. The van der Waals surface area contributed by atoms with Crippen LogP contribution in [-0.2, 0) is 11.3 Å². The molecule has 0 aliphatic heterocycles. The van der Waals surface area contributed by atoms with E-state index in [1.54, 1.807) is 25.5 Å². The van der Waals surface area contributed by atoms with Crippen LogP contribution in [0.5, 0.6) is 11.5 Å². The average molecular weight is 391 g/mol. The highest BCUT2D eigenvalue weighted by Gasteiger charge is 2.21. The van der Waals surface area contributed by atoms with Crippen LogP contribution in [0.3, 0.4) is 0 Å². The number of hydrogen-bond acceptors (Lipinski definition) is 6. The Kier molecular flexibility index (Phi) is 7.20. The Bertz CT molecular complexity index is 806. The van der Waals surface area contributed by atoms with E-state index in [9.17, 15) is 9.59 Å². The molecule has 1 heterocycles. The van der Waals surface area contributed by atoms with Gasteiger partial charge in [-0.2, -0.15) is 0 Å². The smallest absolute Gasteiger partial charge is 0.251 e. The lowest BCUT2D eigenvalue weighted by atomic mass is 10.1. The van der Waals surface area contributed by atoms with Gasteiger partial charge in [0.25, 0.3) is 5.91 Å². The quantitative estimate of drug-likeness (QED) is 0.685. The lowest BCUT2D eigenvalue weighted by Gasteiger charge is -2.24. The van der Waals surface area contributed by atoms with Gasteiger partial charge in [-0.3, -0.25) is 14.5 Å². The maximum Gasteiger partial charge on any atom is 0.251 e. The molecule has 27 heavy (non-hydrogen) atoms. The van der Waals surface area contributed by atoms with Crippen LogP contribution in [0.2, 0.25) is 0 Å². The number of carbonyl (C=O) groups is 2. The summed E-state index contributed by atoms with van der Waals surface area (Å²) in [6.45, 7) is 4.82. The Balaban J connectivity index is 2.04. The maximum atomic E-state index is 12.5. The van der Waals surface area contributed by atoms with Crippen molar-refractivity contribution < 1.29 is 19.1 Å². The summed E-state index contributed by atoms with van der Waals surface area (Å²) < 4.78 is 10.9. The largest absolute Gasteiger partial charge is 0.493 e. The number of benzene rings is 1. The molecule has 1 aromatic carbocycles. The topological polar surface area (TPSA) is 93.9 Å². The van der Waals surface area contributed by atoms with Gasteiger partial charge in [-0.15, -0.1) is 11.3 Å². The van der Waals surface area contributed by atoms with Gasteiger partial charge < -0.3 is 20.5 Å². The molecule has 0 fully saturated rings. The molecule has 1 aromatic heterocycles. The number of ether oxygens (including phenoxy) is 2. The summed E-state index contributed by atoms with van der Waals surface area (Å²) in [6, 6.07) is 6.89. The van der Waals surface area contributed by atoms with Gasteiger partial charge in [0.2, 0.25) is 5.91 Å². The van der Waals surface area contributed by atoms with E-state index < -0.39 is 11.9 Å². The molecular weight excluding hydrogens is 366 g/mol. The second-order valence-corrected chi connectivity index (χ2v) is 6.94. The highest BCUT2D eigenvalue weighted by atomic mass is 32.1. The van der Waals surface area contributed by atoms with E-state index in [4.69, 9.17) is 15.2 Å². The summed E-state index contributed by atoms with van der Waals surface area (Å²) in [5.41, 5.74) is 6.63. The van der Waals surface area contributed by atoms with Gasteiger partial charge in [0.15, 0.2) is 11.5 Å². The number of nitrogens with one attached hydrogen (secondary N) is 1. The van der Waals surface area contributed by atoms with Crippen LogP contribution in [0.4, 0.5) is 5.00 Å². The van der Waals surface area contributed by atoms with E-state index in [-0.39, 0.29) is 5.91 Å². The molecule has 2 amide bonds. The number of carbonyl (C=O) groups excluding carboxylic acids is 2. The van der Waals surface area contributed by atoms with Gasteiger partial charge in [0, 0.05) is 6.54 Å². The molecule has 8 heteroatoms. The molecule has 3 N–H and O–H groups in total. The van der Waals surface area contributed by atoms with Crippen LogP contribution < -0.4 is 20.5 Å². The molecule has 146 valence electrons. The number of anilines is 1. The molecule has 2 rings (SSSR count). The molecule has 1 atom stereocenters. The number of rotatable bonds is 9. The summed E-state index contributed by atoms with van der Waals surface area (Å²) in [6.07, 6.45) is 0. The van der Waals surface area contributed by atoms with Crippen LogP contribution in [0.1, 0.15) is 29.8 Å². The summed E-state index contributed by atoms with van der Waals surface area (Å²) >= 11 is 1.27. The van der Waals surface area contributed by atoms with Crippen LogP contribution in [0.15, 0.2) is 29.6 Å². The minimum Gasteiger partial charge on any atom is -0.493 e. The van der Waals surface area contributed by atoms with Crippen molar-refractivity contribution in [1.29, 1.82) is 0 Å². The second kappa shape index (κ2) is 9.38. The number of amides is 2. The molecule has 0 unspecified atom stereocenters. The summed E-state index contributed by atoms with van der Waals surface area (Å²) in [5, 5.41) is 4.97. The van der Waals surface area contributed by atoms with Crippen molar-refractivity contribution in [1.82, 2.24) is 4.90 Å². The zero-order valence-corrected chi connectivity index (χ0v) is 16.8. The molecule has 0 bridgehead atoms. The monoisotopic (exact) mass is 391 g/mol. The number of nitrogens with zero attached hydrogens (tertiary/aromatic N) is 1. The predicted octanol–water partition coefficient (Wildman–Crippen LogP) is 2.71. The predicted molar refractivity (Wildman–Crippen MR) is 107 cm³/mol. The van der Waals surface area contributed by atoms with Crippen molar-refractivity contribution in [2.45, 2.75) is 26.4 Å². The normalized spacial score (nSPS) is 11.9. The number of nitrogens with two attached hydrogens (primary N) is 1. The molecule has 2 aromatic rings. The fourth-order valence-corrected chi connectivity index (χ4v) is 3.32. The molecular formula is C19H25N3O4S. The number of likely N-dealkylation sites (N-methyl/N-ethyl adjacent to an activating group) is 1. The van der Waals surface area contributed by atoms with E-state index in [0.29, 0.717) is 35.2 Å². The molecule has 0 saturated heterocycles. The number of primary amides is 1. The van der Waals surface area contributed by atoms with E-state index in [1.807, 2.05) is 37.1 Å². The van der Waals surface area contributed by atoms with Gasteiger partial charge in [0.1, 0.15) is 5.00 Å². The van der Waals surface area contributed by atoms with Crippen molar-refractivity contribution >= 4 is 28.2 Å². The molecule has 0 aliphatic rings. The van der Waals surface area contributed by atoms with Crippen molar-refractivity contribution in [3.8, 4) is 11.5 Å². The summed E-state index contributed by atoms with van der Waals surface area (Å²) in [4.78, 5) is 25.8. The minimum atomic E-state index is -0.561. The number of methoxy groups -OCH3 is 1. The SMILES string of the molecule is CCOc1ccc(CN(C)[C@@H](C)C(=O)Nc2sccc2C(N)=O)cc1OC. The van der Waals surface area contributed by atoms with Crippen molar-refractivity contribution in [3.05, 3.63) is 40.8 Å². The maximum absolute atomic E-state index is 12.5. The van der Waals surface area contributed by atoms with Crippen molar-refractivity contribution in [2.75, 3.05) is 26.1 Å². The summed E-state index contributed by atoms with van der Waals surface area (Å²) in [5.74, 6) is 0.577. The van der Waals surface area contributed by atoms with Crippen molar-refractivity contribution in [2.24, 2.45) is 5.73 Å². The van der Waals surface area contributed by atoms with Gasteiger partial charge in [0.05, 0.1) is 25.3 Å². The third-order valence-corrected chi connectivity index (χ3v) is 5.00. The fraction of sp³-hybridized carbons (Fsp3) is 0.368. The Morgan fingerprint density at radius 3 is 2.67 bits per heavy atom. The highest BCUT2D eigenvalue weighted by Crippen LogP contribution is 2.29. The highest BCUT2D eigenvalue weighted by molar-refractivity contribution is 7.14. The lowest BCUT2D eigenvalue weighted by Crippen LogP contribution is -2.39. The van der Waals surface area contributed by atoms with Crippen LogP contribution in [0.25, 0.3) is 0 Å². The molecule has 0 spiro atoms. The standard InChI is InChI=1S/C19H25N3O4S/c1-5-26-15-7-6-13(10-16(15)25-4)11-22(3)12(2)18(24)21-19-14(17(20)23)8-9-27-19/h6-10,12H,5,11H2,1-4H3,(H2,20,23)(H,21,24)/t12-/m0/s1. The van der Waals surface area contributed by atoms with Crippen LogP contribution in [-0.4, -0.2) is 43.5 Å². The molecule has 0 radical (unpaired) electrons. The molecule has 0 saturated carbocycles. The first-order valence-corrected chi connectivity index (χ1v) is 9.43. The van der Waals surface area contributed by atoms with Crippen LogP contribution in [0, 0.1) is 0 Å². The van der Waals surface area contributed by atoms with E-state index >= 15 is 0 Å². The van der Waals surface area contributed by atoms with E-state index in [1.165, 1.54) is 11.3 Å². The third kappa shape index (κ3) is 5.21. The first kappa shape index (κ1) is 20.7.